The summed E-state index contributed by atoms with van der Waals surface area (Å²) in [4.78, 5) is 4.34. The first kappa shape index (κ1) is 13.7. The molecule has 4 heterocycles. The number of furan rings is 1. The fourth-order valence-corrected chi connectivity index (χ4v) is 2.88. The van der Waals surface area contributed by atoms with Crippen molar-refractivity contribution in [3.8, 4) is 23.2 Å². The molecule has 3 aromatic rings. The number of aromatic nitrogens is 4. The molecule has 1 unspecified atom stereocenters. The van der Waals surface area contributed by atoms with Crippen LogP contribution in [0.25, 0.3) is 23.2 Å². The molecule has 1 aliphatic heterocycles. The number of piperidine rings is 1. The Morgan fingerprint density at radius 2 is 2.27 bits per heavy atom. The fourth-order valence-electron chi connectivity index (χ4n) is 2.58. The van der Waals surface area contributed by atoms with E-state index in [-0.39, 0.29) is 0 Å². The molecule has 0 amide bonds. The number of hydrogen-bond acceptors (Lipinski definition) is 6. The second-order valence-electron chi connectivity index (χ2n) is 5.21. The van der Waals surface area contributed by atoms with E-state index in [1.54, 1.807) is 12.1 Å². The third-order valence-corrected chi connectivity index (χ3v) is 4.12. The van der Waals surface area contributed by atoms with Gasteiger partial charge in [0.05, 0.1) is 6.04 Å². The molecule has 1 aliphatic rings. The van der Waals surface area contributed by atoms with Crippen LogP contribution in [0.5, 0.6) is 0 Å². The Morgan fingerprint density at radius 3 is 3.05 bits per heavy atom. The first-order chi connectivity index (χ1) is 10.8. The lowest BCUT2D eigenvalue weighted by Gasteiger charge is -2.22. The van der Waals surface area contributed by atoms with Crippen LogP contribution in [0.1, 0.15) is 18.9 Å². The van der Waals surface area contributed by atoms with Crippen LogP contribution >= 0.6 is 15.9 Å². The SMILES string of the molecule is Brc1ccc(-c2noc(-c3ccn(C4CCCNC4)n3)n2)o1. The summed E-state index contributed by atoms with van der Waals surface area (Å²) < 4.78 is 13.3. The third kappa shape index (κ3) is 2.59. The lowest BCUT2D eigenvalue weighted by Crippen LogP contribution is -2.31. The van der Waals surface area contributed by atoms with E-state index >= 15 is 0 Å². The highest BCUT2D eigenvalue weighted by molar-refractivity contribution is 9.10. The molecular formula is C14H14BrN5O2. The van der Waals surface area contributed by atoms with Crippen molar-refractivity contribution in [1.29, 1.82) is 0 Å². The minimum Gasteiger partial charge on any atom is -0.446 e. The Hall–Kier alpha value is -1.93. The third-order valence-electron chi connectivity index (χ3n) is 3.69. The summed E-state index contributed by atoms with van der Waals surface area (Å²) in [7, 11) is 0. The van der Waals surface area contributed by atoms with Crippen LogP contribution in [-0.2, 0) is 0 Å². The Labute approximate surface area is 134 Å². The van der Waals surface area contributed by atoms with E-state index in [9.17, 15) is 0 Å². The zero-order valence-corrected chi connectivity index (χ0v) is 13.3. The van der Waals surface area contributed by atoms with Gasteiger partial charge in [-0.3, -0.25) is 4.68 Å². The summed E-state index contributed by atoms with van der Waals surface area (Å²) in [5.41, 5.74) is 0.676. The van der Waals surface area contributed by atoms with Crippen LogP contribution in [0, 0.1) is 0 Å². The predicted molar refractivity (Wildman–Crippen MR) is 82.1 cm³/mol. The average molecular weight is 364 g/mol. The van der Waals surface area contributed by atoms with E-state index in [1.165, 1.54) is 0 Å². The van der Waals surface area contributed by atoms with E-state index < -0.39 is 0 Å². The van der Waals surface area contributed by atoms with Gasteiger partial charge in [-0.2, -0.15) is 10.1 Å². The van der Waals surface area contributed by atoms with Crippen molar-refractivity contribution in [1.82, 2.24) is 25.2 Å². The zero-order valence-electron chi connectivity index (χ0n) is 11.7. The molecule has 3 aromatic heterocycles. The topological polar surface area (TPSA) is 81.9 Å². The van der Waals surface area contributed by atoms with Gasteiger partial charge in [0.2, 0.25) is 5.82 Å². The minimum absolute atomic E-state index is 0.380. The van der Waals surface area contributed by atoms with Crippen molar-refractivity contribution in [3.05, 3.63) is 29.1 Å². The monoisotopic (exact) mass is 363 g/mol. The maximum atomic E-state index is 5.42. The van der Waals surface area contributed by atoms with E-state index in [0.29, 0.717) is 33.9 Å². The van der Waals surface area contributed by atoms with Gasteiger partial charge >= 0.3 is 0 Å². The van der Waals surface area contributed by atoms with Gasteiger partial charge < -0.3 is 14.3 Å². The van der Waals surface area contributed by atoms with Crippen molar-refractivity contribution >= 4 is 15.9 Å². The molecule has 22 heavy (non-hydrogen) atoms. The Bertz CT molecular complexity index is 772. The van der Waals surface area contributed by atoms with Crippen molar-refractivity contribution in [2.45, 2.75) is 18.9 Å². The Kier molecular flexibility index (Phi) is 3.55. The molecule has 4 rings (SSSR count). The molecule has 0 spiro atoms. The molecule has 1 saturated heterocycles. The molecule has 1 fully saturated rings. The van der Waals surface area contributed by atoms with Gasteiger partial charge in [0.15, 0.2) is 16.1 Å². The summed E-state index contributed by atoms with van der Waals surface area (Å²) >= 11 is 3.25. The van der Waals surface area contributed by atoms with E-state index in [2.05, 4.69) is 36.5 Å². The summed E-state index contributed by atoms with van der Waals surface area (Å²) in [5, 5.41) is 11.9. The smallest absolute Gasteiger partial charge is 0.278 e. The normalized spacial score (nSPS) is 18.7. The Balaban J connectivity index is 1.57. The number of nitrogens with zero attached hydrogens (tertiary/aromatic N) is 4. The summed E-state index contributed by atoms with van der Waals surface area (Å²) in [6.45, 7) is 2.02. The molecule has 0 aliphatic carbocycles. The molecule has 7 nitrogen and oxygen atoms in total. The van der Waals surface area contributed by atoms with Crippen molar-refractivity contribution in [2.24, 2.45) is 0 Å². The van der Waals surface area contributed by atoms with Gasteiger partial charge in [0, 0.05) is 12.7 Å². The lowest BCUT2D eigenvalue weighted by molar-refractivity contribution is 0.346. The van der Waals surface area contributed by atoms with Crippen LogP contribution < -0.4 is 5.32 Å². The molecule has 0 radical (unpaired) electrons. The van der Waals surface area contributed by atoms with Gasteiger partial charge in [-0.25, -0.2) is 0 Å². The second-order valence-corrected chi connectivity index (χ2v) is 5.99. The molecule has 0 aromatic carbocycles. The van der Waals surface area contributed by atoms with Crippen LogP contribution in [0.3, 0.4) is 0 Å². The highest BCUT2D eigenvalue weighted by atomic mass is 79.9. The lowest BCUT2D eigenvalue weighted by atomic mass is 10.1. The van der Waals surface area contributed by atoms with Crippen molar-refractivity contribution < 1.29 is 8.94 Å². The minimum atomic E-state index is 0.380. The fraction of sp³-hybridized carbons (Fsp3) is 0.357. The summed E-state index contributed by atoms with van der Waals surface area (Å²) in [6.07, 6.45) is 4.25. The van der Waals surface area contributed by atoms with E-state index in [4.69, 9.17) is 8.94 Å². The van der Waals surface area contributed by atoms with Crippen molar-refractivity contribution in [3.63, 3.8) is 0 Å². The second kappa shape index (κ2) is 5.69. The van der Waals surface area contributed by atoms with E-state index in [1.807, 2.05) is 16.9 Å². The molecule has 1 atom stereocenters. The zero-order chi connectivity index (χ0) is 14.9. The van der Waals surface area contributed by atoms with Gasteiger partial charge in [0.25, 0.3) is 5.89 Å². The van der Waals surface area contributed by atoms with Gasteiger partial charge in [-0.15, -0.1) is 0 Å². The molecular weight excluding hydrogens is 350 g/mol. The summed E-state index contributed by atoms with van der Waals surface area (Å²) in [6, 6.07) is 5.84. The predicted octanol–water partition coefficient (Wildman–Crippen LogP) is 2.88. The van der Waals surface area contributed by atoms with Gasteiger partial charge in [-0.1, -0.05) is 5.16 Å². The van der Waals surface area contributed by atoms with E-state index in [0.717, 1.165) is 25.9 Å². The standard InChI is InChI=1S/C14H14BrN5O2/c15-12-4-3-11(21-12)13-17-14(22-19-13)10-5-7-20(18-10)9-2-1-6-16-8-9/h3-5,7,9,16H,1-2,6,8H2. The van der Waals surface area contributed by atoms with Gasteiger partial charge in [-0.05, 0) is 53.5 Å². The molecule has 1 N–H and O–H groups in total. The average Bonchev–Trinajstić information content (AvgIpc) is 3.27. The number of halogens is 1. The quantitative estimate of drug-likeness (QED) is 0.770. The highest BCUT2D eigenvalue weighted by Gasteiger charge is 2.19. The first-order valence-electron chi connectivity index (χ1n) is 7.15. The van der Waals surface area contributed by atoms with Crippen LogP contribution in [0.15, 0.2) is 38.0 Å². The maximum Gasteiger partial charge on any atom is 0.278 e. The van der Waals surface area contributed by atoms with Gasteiger partial charge in [0.1, 0.15) is 0 Å². The van der Waals surface area contributed by atoms with Crippen LogP contribution in [0.2, 0.25) is 0 Å². The first-order valence-corrected chi connectivity index (χ1v) is 7.94. The van der Waals surface area contributed by atoms with Crippen molar-refractivity contribution in [2.75, 3.05) is 13.1 Å². The number of nitrogens with one attached hydrogen (secondary N) is 1. The Morgan fingerprint density at radius 1 is 1.32 bits per heavy atom. The summed E-state index contributed by atoms with van der Waals surface area (Å²) in [5.74, 6) is 1.36. The van der Waals surface area contributed by atoms with Crippen LogP contribution in [0.4, 0.5) is 0 Å². The highest BCUT2D eigenvalue weighted by Crippen LogP contribution is 2.25. The molecule has 0 saturated carbocycles. The number of hydrogen-bond donors (Lipinski definition) is 1. The molecule has 8 heteroatoms. The maximum absolute atomic E-state index is 5.42. The molecule has 0 bridgehead atoms. The molecule has 114 valence electrons. The largest absolute Gasteiger partial charge is 0.446 e. The number of rotatable bonds is 3. The van der Waals surface area contributed by atoms with Crippen LogP contribution in [-0.4, -0.2) is 33.0 Å².